The second-order valence-electron chi connectivity index (χ2n) is 10.2. The molecule has 186 valence electrons. The van der Waals surface area contributed by atoms with Crippen molar-refractivity contribution < 1.29 is 9.59 Å². The molecule has 3 aromatic rings. The van der Waals surface area contributed by atoms with Crippen molar-refractivity contribution in [2.75, 3.05) is 23.7 Å². The van der Waals surface area contributed by atoms with Gasteiger partial charge in [0.1, 0.15) is 12.4 Å². The maximum Gasteiger partial charge on any atom is 0.322 e. The summed E-state index contributed by atoms with van der Waals surface area (Å²) >= 11 is 0. The highest BCUT2D eigenvalue weighted by Gasteiger charge is 2.23. The first-order valence-corrected chi connectivity index (χ1v) is 12.2. The van der Waals surface area contributed by atoms with Gasteiger partial charge >= 0.3 is 6.03 Å². The van der Waals surface area contributed by atoms with Crippen molar-refractivity contribution in [1.29, 1.82) is 0 Å². The molecule has 0 aliphatic carbocycles. The molecule has 0 saturated heterocycles. The average Bonchev–Trinajstić information content (AvgIpc) is 3.23. The molecule has 0 bridgehead atoms. The maximum atomic E-state index is 13.1. The van der Waals surface area contributed by atoms with Crippen LogP contribution in [-0.4, -0.2) is 39.7 Å². The fourth-order valence-corrected chi connectivity index (χ4v) is 3.64. The molecule has 3 rings (SSSR count). The lowest BCUT2D eigenvalue weighted by molar-refractivity contribution is -0.116. The topological polar surface area (TPSA) is 79.3 Å². The summed E-state index contributed by atoms with van der Waals surface area (Å²) in [6.07, 6.45) is 0.935. The number of carbonyl (C=O) groups excluding carboxylic acids is 2. The number of carbonyl (C=O) groups is 2. The molecule has 0 aliphatic heterocycles. The normalized spacial score (nSPS) is 11.4. The van der Waals surface area contributed by atoms with E-state index < -0.39 is 0 Å². The zero-order valence-electron chi connectivity index (χ0n) is 21.6. The molecule has 3 amide bonds. The quantitative estimate of drug-likeness (QED) is 0.428. The number of urea groups is 1. The van der Waals surface area contributed by atoms with Gasteiger partial charge in [-0.15, -0.1) is 0 Å². The van der Waals surface area contributed by atoms with Crippen LogP contribution in [0.4, 0.5) is 16.3 Å². The summed E-state index contributed by atoms with van der Waals surface area (Å²) in [5.74, 6) is 0.504. The lowest BCUT2D eigenvalue weighted by atomic mass is 9.92. The summed E-state index contributed by atoms with van der Waals surface area (Å²) < 4.78 is 1.74. The Kier molecular flexibility index (Phi) is 8.33. The molecule has 1 heterocycles. The standard InChI is InChI=1S/C28H37N5O2/c1-7-21-13-15-22(16-14-21)29-27(35)32(18-20(2)3)19-26(34)30-25-17-24(28(4,5)6)31-33(25)23-11-9-8-10-12-23/h8-17,20H,7,18-19H2,1-6H3,(H,29,35)(H,30,34). The van der Waals surface area contributed by atoms with Gasteiger partial charge in [0.25, 0.3) is 0 Å². The van der Waals surface area contributed by atoms with Crippen molar-refractivity contribution in [3.63, 3.8) is 0 Å². The third kappa shape index (κ3) is 7.18. The molecule has 0 aliphatic rings. The minimum Gasteiger partial charge on any atom is -0.315 e. The summed E-state index contributed by atoms with van der Waals surface area (Å²) in [5.41, 5.74) is 3.44. The molecule has 2 N–H and O–H groups in total. The van der Waals surface area contributed by atoms with Gasteiger partial charge < -0.3 is 15.5 Å². The van der Waals surface area contributed by atoms with E-state index >= 15 is 0 Å². The number of para-hydroxylation sites is 1. The van der Waals surface area contributed by atoms with E-state index in [2.05, 4.69) is 38.3 Å². The molecule has 7 nitrogen and oxygen atoms in total. The van der Waals surface area contributed by atoms with Crippen LogP contribution in [0.5, 0.6) is 0 Å². The van der Waals surface area contributed by atoms with Crippen molar-refractivity contribution in [2.45, 2.75) is 53.4 Å². The van der Waals surface area contributed by atoms with Gasteiger partial charge in [-0.25, -0.2) is 9.48 Å². The number of hydrogen-bond donors (Lipinski definition) is 2. The molecule has 0 atom stereocenters. The first kappa shape index (κ1) is 26.0. The van der Waals surface area contributed by atoms with E-state index in [1.807, 2.05) is 74.5 Å². The Morgan fingerprint density at radius 3 is 2.23 bits per heavy atom. The Balaban J connectivity index is 1.78. The Hall–Kier alpha value is -3.61. The van der Waals surface area contributed by atoms with Gasteiger partial charge in [-0.2, -0.15) is 5.10 Å². The van der Waals surface area contributed by atoms with E-state index in [0.29, 0.717) is 18.1 Å². The van der Waals surface area contributed by atoms with E-state index in [1.54, 1.807) is 9.58 Å². The summed E-state index contributed by atoms with van der Waals surface area (Å²) in [4.78, 5) is 27.7. The smallest absolute Gasteiger partial charge is 0.315 e. The number of anilines is 2. The fraction of sp³-hybridized carbons (Fsp3) is 0.393. The first-order chi connectivity index (χ1) is 16.6. The highest BCUT2D eigenvalue weighted by Crippen LogP contribution is 2.26. The minimum absolute atomic E-state index is 0.0676. The number of nitrogens with one attached hydrogen (secondary N) is 2. The molecule has 1 aromatic heterocycles. The monoisotopic (exact) mass is 475 g/mol. The predicted molar refractivity (Wildman–Crippen MR) is 142 cm³/mol. The number of aryl methyl sites for hydroxylation is 1. The molecule has 2 aromatic carbocycles. The van der Waals surface area contributed by atoms with Gasteiger partial charge in [-0.1, -0.05) is 71.9 Å². The van der Waals surface area contributed by atoms with Crippen LogP contribution in [0, 0.1) is 5.92 Å². The van der Waals surface area contributed by atoms with E-state index in [4.69, 9.17) is 5.10 Å². The van der Waals surface area contributed by atoms with Crippen molar-refractivity contribution >= 4 is 23.4 Å². The van der Waals surface area contributed by atoms with Crippen LogP contribution in [0.15, 0.2) is 60.7 Å². The Morgan fingerprint density at radius 2 is 1.66 bits per heavy atom. The molecule has 0 saturated carbocycles. The zero-order chi connectivity index (χ0) is 25.6. The van der Waals surface area contributed by atoms with Crippen LogP contribution >= 0.6 is 0 Å². The third-order valence-corrected chi connectivity index (χ3v) is 5.57. The van der Waals surface area contributed by atoms with Gasteiger partial charge in [-0.3, -0.25) is 4.79 Å². The van der Waals surface area contributed by atoms with Crippen molar-refractivity contribution in [3.8, 4) is 5.69 Å². The Labute approximate surface area is 208 Å². The molecule has 0 radical (unpaired) electrons. The average molecular weight is 476 g/mol. The van der Waals surface area contributed by atoms with Crippen LogP contribution in [0.25, 0.3) is 5.69 Å². The third-order valence-electron chi connectivity index (χ3n) is 5.57. The number of amides is 3. The number of benzene rings is 2. The molecule has 0 fully saturated rings. The minimum atomic E-state index is -0.301. The van der Waals surface area contributed by atoms with Crippen molar-refractivity contribution in [2.24, 2.45) is 5.92 Å². The predicted octanol–water partition coefficient (Wildman–Crippen LogP) is 5.86. The second kappa shape index (κ2) is 11.2. The first-order valence-electron chi connectivity index (χ1n) is 12.2. The summed E-state index contributed by atoms with van der Waals surface area (Å²) in [5, 5.41) is 10.6. The molecule has 0 spiro atoms. The highest BCUT2D eigenvalue weighted by molar-refractivity contribution is 5.96. The lowest BCUT2D eigenvalue weighted by Crippen LogP contribution is -2.42. The van der Waals surface area contributed by atoms with Gasteiger partial charge in [0.15, 0.2) is 0 Å². The van der Waals surface area contributed by atoms with Gasteiger partial charge in [0, 0.05) is 23.7 Å². The number of hydrogen-bond acceptors (Lipinski definition) is 3. The van der Waals surface area contributed by atoms with Crippen LogP contribution < -0.4 is 10.6 Å². The van der Waals surface area contributed by atoms with Crippen molar-refractivity contribution in [3.05, 3.63) is 71.9 Å². The number of rotatable bonds is 8. The molecular formula is C28H37N5O2. The van der Waals surface area contributed by atoms with Crippen LogP contribution in [0.2, 0.25) is 0 Å². The summed E-state index contributed by atoms with van der Waals surface area (Å²) in [6, 6.07) is 19.0. The maximum absolute atomic E-state index is 13.1. The van der Waals surface area contributed by atoms with Gasteiger partial charge in [0.05, 0.1) is 11.4 Å². The molecule has 0 unspecified atom stereocenters. The van der Waals surface area contributed by atoms with Gasteiger partial charge in [-0.05, 0) is 42.2 Å². The van der Waals surface area contributed by atoms with E-state index in [1.165, 1.54) is 5.56 Å². The number of aromatic nitrogens is 2. The fourth-order valence-electron chi connectivity index (χ4n) is 3.64. The number of nitrogens with zero attached hydrogens (tertiary/aromatic N) is 3. The SMILES string of the molecule is CCc1ccc(NC(=O)N(CC(=O)Nc2cc(C(C)(C)C)nn2-c2ccccc2)CC(C)C)cc1. The highest BCUT2D eigenvalue weighted by atomic mass is 16.2. The van der Waals surface area contributed by atoms with Crippen LogP contribution in [0.1, 0.15) is 52.8 Å². The molecular weight excluding hydrogens is 438 g/mol. The molecule has 35 heavy (non-hydrogen) atoms. The van der Waals surface area contributed by atoms with Gasteiger partial charge in [0.2, 0.25) is 5.91 Å². The largest absolute Gasteiger partial charge is 0.322 e. The lowest BCUT2D eigenvalue weighted by Gasteiger charge is -2.24. The summed E-state index contributed by atoms with van der Waals surface area (Å²) in [7, 11) is 0. The van der Waals surface area contributed by atoms with Crippen molar-refractivity contribution in [1.82, 2.24) is 14.7 Å². The molecule has 7 heteroatoms. The zero-order valence-corrected chi connectivity index (χ0v) is 21.6. The van der Waals surface area contributed by atoms with E-state index in [9.17, 15) is 9.59 Å². The van der Waals surface area contributed by atoms with Crippen LogP contribution in [0.3, 0.4) is 0 Å². The van der Waals surface area contributed by atoms with Crippen LogP contribution in [-0.2, 0) is 16.6 Å². The Bertz CT molecular complexity index is 1130. The van der Waals surface area contributed by atoms with E-state index in [0.717, 1.165) is 17.8 Å². The van der Waals surface area contributed by atoms with E-state index in [-0.39, 0.29) is 29.8 Å². The summed E-state index contributed by atoms with van der Waals surface area (Å²) in [6.45, 7) is 12.8. The Morgan fingerprint density at radius 1 is 1.00 bits per heavy atom. The second-order valence-corrected chi connectivity index (χ2v) is 10.2.